The van der Waals surface area contributed by atoms with Crippen molar-refractivity contribution in [2.75, 3.05) is 20.2 Å². The third kappa shape index (κ3) is 2.87. The largest absolute Gasteiger partial charge is 0.497 e. The Morgan fingerprint density at radius 2 is 2.37 bits per heavy atom. The van der Waals surface area contributed by atoms with Crippen molar-refractivity contribution in [3.63, 3.8) is 0 Å². The van der Waals surface area contributed by atoms with Crippen LogP contribution in [0.4, 0.5) is 4.39 Å². The molecule has 5 heteroatoms. The van der Waals surface area contributed by atoms with Crippen LogP contribution in [0.3, 0.4) is 0 Å². The summed E-state index contributed by atoms with van der Waals surface area (Å²) in [6.07, 6.45) is -0.776. The van der Waals surface area contributed by atoms with Crippen LogP contribution in [0.1, 0.15) is 18.9 Å². The lowest BCUT2D eigenvalue weighted by Crippen LogP contribution is -2.49. The minimum absolute atomic E-state index is 0.550. The second-order valence-electron chi connectivity index (χ2n) is 4.85. The van der Waals surface area contributed by atoms with E-state index in [2.05, 4.69) is 10.6 Å². The van der Waals surface area contributed by atoms with Gasteiger partial charge in [0.2, 0.25) is 0 Å². The van der Waals surface area contributed by atoms with Crippen molar-refractivity contribution < 1.29 is 13.9 Å². The number of ether oxygens (including phenoxy) is 1. The molecule has 2 N–H and O–H groups in total. The van der Waals surface area contributed by atoms with E-state index in [9.17, 15) is 9.18 Å². The molecule has 4 nitrogen and oxygen atoms in total. The zero-order valence-corrected chi connectivity index (χ0v) is 11.2. The first kappa shape index (κ1) is 13.8. The van der Waals surface area contributed by atoms with Gasteiger partial charge in [-0.1, -0.05) is 12.1 Å². The molecule has 1 fully saturated rings. The first-order valence-electron chi connectivity index (χ1n) is 6.39. The van der Waals surface area contributed by atoms with E-state index < -0.39 is 17.6 Å². The van der Waals surface area contributed by atoms with Crippen molar-refractivity contribution in [1.82, 2.24) is 10.6 Å². The van der Waals surface area contributed by atoms with Gasteiger partial charge < -0.3 is 15.4 Å². The van der Waals surface area contributed by atoms with Crippen LogP contribution in [-0.2, 0) is 10.3 Å². The standard InChI is InChI=1S/C14H19FN2O2/c1-10(15)13(18)17-14(6-7-16-9-14)11-4-3-5-12(8-11)19-2/h3-5,8,10,16H,6-7,9H2,1-2H3,(H,17,18)/t10-,14?/m0/s1. The van der Waals surface area contributed by atoms with Gasteiger partial charge in [0.15, 0.2) is 6.17 Å². The van der Waals surface area contributed by atoms with E-state index in [-0.39, 0.29) is 0 Å². The quantitative estimate of drug-likeness (QED) is 0.865. The van der Waals surface area contributed by atoms with E-state index in [1.807, 2.05) is 24.3 Å². The third-order valence-corrected chi connectivity index (χ3v) is 3.50. The number of methoxy groups -OCH3 is 1. The van der Waals surface area contributed by atoms with E-state index in [0.29, 0.717) is 6.54 Å². The summed E-state index contributed by atoms with van der Waals surface area (Å²) in [6.45, 7) is 2.63. The van der Waals surface area contributed by atoms with E-state index in [1.54, 1.807) is 7.11 Å². The Labute approximate surface area is 112 Å². The predicted molar refractivity (Wildman–Crippen MR) is 70.9 cm³/mol. The zero-order valence-electron chi connectivity index (χ0n) is 11.2. The molecule has 1 amide bonds. The molecular formula is C14H19FN2O2. The molecule has 1 aliphatic rings. The Morgan fingerprint density at radius 1 is 1.58 bits per heavy atom. The Hall–Kier alpha value is -1.62. The number of amides is 1. The zero-order chi connectivity index (χ0) is 13.9. The molecule has 1 aliphatic heterocycles. The molecule has 0 saturated carbocycles. The lowest BCUT2D eigenvalue weighted by molar-refractivity contribution is -0.127. The van der Waals surface area contributed by atoms with Crippen LogP contribution in [0.15, 0.2) is 24.3 Å². The molecule has 0 aliphatic carbocycles. The van der Waals surface area contributed by atoms with Gasteiger partial charge in [-0.3, -0.25) is 4.79 Å². The van der Waals surface area contributed by atoms with Gasteiger partial charge in [0.25, 0.3) is 5.91 Å². The van der Waals surface area contributed by atoms with Crippen LogP contribution in [0.25, 0.3) is 0 Å². The number of hydrogen-bond acceptors (Lipinski definition) is 3. The number of benzene rings is 1. The topological polar surface area (TPSA) is 50.4 Å². The lowest BCUT2D eigenvalue weighted by Gasteiger charge is -2.31. The van der Waals surface area contributed by atoms with Crippen LogP contribution in [0.5, 0.6) is 5.75 Å². The number of hydrogen-bond donors (Lipinski definition) is 2. The molecule has 1 unspecified atom stereocenters. The van der Waals surface area contributed by atoms with Crippen LogP contribution in [0.2, 0.25) is 0 Å². The lowest BCUT2D eigenvalue weighted by atomic mass is 9.88. The van der Waals surface area contributed by atoms with E-state index in [1.165, 1.54) is 6.92 Å². The highest BCUT2D eigenvalue weighted by molar-refractivity contribution is 5.81. The number of carbonyl (C=O) groups is 1. The molecule has 1 aromatic carbocycles. The Kier molecular flexibility index (Phi) is 4.04. The molecule has 1 saturated heterocycles. The van der Waals surface area contributed by atoms with Gasteiger partial charge in [-0.15, -0.1) is 0 Å². The monoisotopic (exact) mass is 266 g/mol. The van der Waals surface area contributed by atoms with Gasteiger partial charge >= 0.3 is 0 Å². The van der Waals surface area contributed by atoms with Crippen molar-refractivity contribution in [2.45, 2.75) is 25.1 Å². The van der Waals surface area contributed by atoms with Gasteiger partial charge in [-0.05, 0) is 37.6 Å². The van der Waals surface area contributed by atoms with Crippen molar-refractivity contribution in [1.29, 1.82) is 0 Å². The highest BCUT2D eigenvalue weighted by Gasteiger charge is 2.38. The molecule has 1 heterocycles. The molecule has 2 rings (SSSR count). The summed E-state index contributed by atoms with van der Waals surface area (Å²) in [4.78, 5) is 11.7. The Morgan fingerprint density at radius 3 is 2.95 bits per heavy atom. The summed E-state index contributed by atoms with van der Waals surface area (Å²) in [6, 6.07) is 7.54. The molecule has 19 heavy (non-hydrogen) atoms. The Balaban J connectivity index is 2.30. The second kappa shape index (κ2) is 5.57. The predicted octanol–water partition coefficient (Wildman–Crippen LogP) is 1.36. The minimum atomic E-state index is -1.51. The van der Waals surface area contributed by atoms with Crippen molar-refractivity contribution in [3.8, 4) is 5.75 Å². The first-order valence-corrected chi connectivity index (χ1v) is 6.39. The molecule has 1 aromatic rings. The SMILES string of the molecule is COc1cccc(C2(NC(=O)[C@H](C)F)CCNC2)c1. The smallest absolute Gasteiger partial charge is 0.254 e. The minimum Gasteiger partial charge on any atom is -0.497 e. The summed E-state index contributed by atoms with van der Waals surface area (Å²) < 4.78 is 18.3. The van der Waals surface area contributed by atoms with Crippen molar-refractivity contribution >= 4 is 5.91 Å². The molecule has 0 bridgehead atoms. The Bertz CT molecular complexity index is 457. The number of alkyl halides is 1. The van der Waals surface area contributed by atoms with Crippen molar-refractivity contribution in [2.24, 2.45) is 0 Å². The first-order chi connectivity index (χ1) is 9.07. The van der Waals surface area contributed by atoms with Gasteiger partial charge in [0, 0.05) is 6.54 Å². The average molecular weight is 266 g/mol. The maximum absolute atomic E-state index is 13.1. The molecular weight excluding hydrogens is 247 g/mol. The molecule has 2 atom stereocenters. The van der Waals surface area contributed by atoms with Crippen LogP contribution < -0.4 is 15.4 Å². The summed E-state index contributed by atoms with van der Waals surface area (Å²) in [7, 11) is 1.60. The van der Waals surface area contributed by atoms with E-state index in [4.69, 9.17) is 4.74 Å². The fraction of sp³-hybridized carbons (Fsp3) is 0.500. The van der Waals surface area contributed by atoms with Gasteiger partial charge in [-0.25, -0.2) is 4.39 Å². The fourth-order valence-electron chi connectivity index (χ4n) is 2.37. The fourth-order valence-corrected chi connectivity index (χ4v) is 2.37. The maximum Gasteiger partial charge on any atom is 0.254 e. The molecule has 104 valence electrons. The van der Waals surface area contributed by atoms with Crippen LogP contribution >= 0.6 is 0 Å². The average Bonchev–Trinajstić information content (AvgIpc) is 2.88. The normalized spacial score (nSPS) is 23.9. The van der Waals surface area contributed by atoms with E-state index >= 15 is 0 Å². The highest BCUT2D eigenvalue weighted by atomic mass is 19.1. The third-order valence-electron chi connectivity index (χ3n) is 3.50. The van der Waals surface area contributed by atoms with Crippen LogP contribution in [-0.4, -0.2) is 32.3 Å². The molecule has 0 aromatic heterocycles. The van der Waals surface area contributed by atoms with Crippen molar-refractivity contribution in [3.05, 3.63) is 29.8 Å². The van der Waals surface area contributed by atoms with Crippen LogP contribution in [0, 0.1) is 0 Å². The second-order valence-corrected chi connectivity index (χ2v) is 4.85. The summed E-state index contributed by atoms with van der Waals surface area (Å²) >= 11 is 0. The summed E-state index contributed by atoms with van der Waals surface area (Å²) in [5.74, 6) is 0.151. The number of carbonyl (C=O) groups excluding carboxylic acids is 1. The van der Waals surface area contributed by atoms with Gasteiger partial charge in [-0.2, -0.15) is 0 Å². The summed E-state index contributed by atoms with van der Waals surface area (Å²) in [5.41, 5.74) is 0.386. The van der Waals surface area contributed by atoms with E-state index in [0.717, 1.165) is 24.3 Å². The number of halogens is 1. The van der Waals surface area contributed by atoms with Gasteiger partial charge in [0.05, 0.1) is 12.6 Å². The summed E-state index contributed by atoms with van der Waals surface area (Å²) in [5, 5.41) is 6.04. The van der Waals surface area contributed by atoms with Gasteiger partial charge in [0.1, 0.15) is 5.75 Å². The number of nitrogens with one attached hydrogen (secondary N) is 2. The molecule has 0 spiro atoms. The maximum atomic E-state index is 13.1. The highest BCUT2D eigenvalue weighted by Crippen LogP contribution is 2.30. The number of rotatable bonds is 4. The molecule has 0 radical (unpaired) electrons.